The molecule has 1 aromatic carbocycles. The van der Waals surface area contributed by atoms with Crippen LogP contribution in [0.2, 0.25) is 5.02 Å². The van der Waals surface area contributed by atoms with Crippen LogP contribution in [0.4, 0.5) is 0 Å². The predicted octanol–water partition coefficient (Wildman–Crippen LogP) is 2.80. The summed E-state index contributed by atoms with van der Waals surface area (Å²) in [5.74, 6) is 0.292. The third kappa shape index (κ3) is 2.85. The first-order chi connectivity index (χ1) is 10.5. The Bertz CT molecular complexity index is 527. The number of piperidine rings is 1. The molecule has 5 heteroatoms. The Balaban J connectivity index is 1.61. The van der Waals surface area contributed by atoms with Crippen molar-refractivity contribution < 1.29 is 14.9 Å². The summed E-state index contributed by atoms with van der Waals surface area (Å²) in [6.07, 6.45) is 2.63. The zero-order chi connectivity index (χ0) is 15.7. The lowest BCUT2D eigenvalue weighted by Crippen LogP contribution is -2.62. The molecule has 1 saturated carbocycles. The van der Waals surface area contributed by atoms with Gasteiger partial charge in [0.05, 0.1) is 12.2 Å². The number of benzene rings is 1. The van der Waals surface area contributed by atoms with Crippen molar-refractivity contribution in [1.82, 2.24) is 4.90 Å². The number of nitrogens with zero attached hydrogens (tertiary/aromatic N) is 1. The van der Waals surface area contributed by atoms with Crippen molar-refractivity contribution >= 4 is 11.6 Å². The molecule has 122 valence electrons. The fraction of sp³-hybridized carbons (Fsp3) is 0.647. The van der Waals surface area contributed by atoms with Crippen LogP contribution in [0, 0.1) is 5.41 Å². The third-order valence-corrected chi connectivity index (χ3v) is 5.57. The number of rotatable bonds is 4. The normalized spacial score (nSPS) is 27.8. The van der Waals surface area contributed by atoms with Crippen LogP contribution in [-0.4, -0.2) is 47.0 Å². The molecule has 1 spiro atoms. The van der Waals surface area contributed by atoms with Gasteiger partial charge in [-0.3, -0.25) is 4.90 Å². The van der Waals surface area contributed by atoms with Gasteiger partial charge in [-0.05, 0) is 51.1 Å². The fourth-order valence-corrected chi connectivity index (χ4v) is 4.06. The highest BCUT2D eigenvalue weighted by Gasteiger charge is 2.55. The van der Waals surface area contributed by atoms with Gasteiger partial charge >= 0.3 is 0 Å². The van der Waals surface area contributed by atoms with Crippen LogP contribution < -0.4 is 0 Å². The Labute approximate surface area is 136 Å². The molecule has 2 N–H and O–H groups in total. The first-order valence-electron chi connectivity index (χ1n) is 8.04. The molecule has 1 aliphatic heterocycles. The number of phenols is 1. The molecule has 1 heterocycles. The van der Waals surface area contributed by atoms with Crippen LogP contribution in [0.5, 0.6) is 5.75 Å². The van der Waals surface area contributed by atoms with Gasteiger partial charge in [-0.2, -0.15) is 0 Å². The molecular formula is C17H24ClNO3. The lowest BCUT2D eigenvalue weighted by Gasteiger charge is -2.56. The van der Waals surface area contributed by atoms with E-state index in [0.29, 0.717) is 23.9 Å². The summed E-state index contributed by atoms with van der Waals surface area (Å²) in [5, 5.41) is 20.8. The van der Waals surface area contributed by atoms with Crippen molar-refractivity contribution in [1.29, 1.82) is 0 Å². The van der Waals surface area contributed by atoms with Gasteiger partial charge in [-0.25, -0.2) is 0 Å². The summed E-state index contributed by atoms with van der Waals surface area (Å²) in [4.78, 5) is 2.31. The number of phenolic OH excluding ortho intramolecular Hbond substituents is 1. The molecule has 4 nitrogen and oxygen atoms in total. The minimum Gasteiger partial charge on any atom is -0.508 e. The van der Waals surface area contributed by atoms with E-state index in [0.717, 1.165) is 37.9 Å². The largest absolute Gasteiger partial charge is 0.508 e. The molecule has 2 unspecified atom stereocenters. The summed E-state index contributed by atoms with van der Waals surface area (Å²) in [6, 6.07) is 5.16. The summed E-state index contributed by atoms with van der Waals surface area (Å²) in [6.45, 7) is 5.23. The van der Waals surface area contributed by atoms with Crippen LogP contribution in [0.3, 0.4) is 0 Å². The highest BCUT2D eigenvalue weighted by atomic mass is 35.5. The van der Waals surface area contributed by atoms with Gasteiger partial charge in [-0.1, -0.05) is 11.6 Å². The zero-order valence-electron chi connectivity index (χ0n) is 13.0. The number of halogens is 1. The molecule has 2 atom stereocenters. The highest BCUT2D eigenvalue weighted by molar-refractivity contribution is 6.30. The average Bonchev–Trinajstić information content (AvgIpc) is 2.51. The minimum atomic E-state index is -0.231. The van der Waals surface area contributed by atoms with Gasteiger partial charge in [0, 0.05) is 35.6 Å². The zero-order valence-corrected chi connectivity index (χ0v) is 13.7. The van der Waals surface area contributed by atoms with Crippen molar-refractivity contribution in [3.63, 3.8) is 0 Å². The number of hydrogen-bond acceptors (Lipinski definition) is 4. The number of aromatic hydroxyl groups is 1. The number of ether oxygens (including phenoxy) is 1. The van der Waals surface area contributed by atoms with Crippen molar-refractivity contribution in [2.24, 2.45) is 5.41 Å². The second kappa shape index (κ2) is 6.36. The summed E-state index contributed by atoms with van der Waals surface area (Å²) in [7, 11) is 0. The maximum absolute atomic E-state index is 10.2. The Morgan fingerprint density at radius 3 is 2.73 bits per heavy atom. The molecule has 3 rings (SSSR count). The SMILES string of the molecule is CCOC1CC(O)C12CCN(Cc1cc(Cl)ccc1O)CC2. The van der Waals surface area contributed by atoms with Gasteiger partial charge in [0.15, 0.2) is 0 Å². The molecular weight excluding hydrogens is 302 g/mol. The smallest absolute Gasteiger partial charge is 0.120 e. The van der Waals surface area contributed by atoms with E-state index in [1.54, 1.807) is 12.1 Å². The molecule has 1 aliphatic carbocycles. The topological polar surface area (TPSA) is 52.9 Å². The van der Waals surface area contributed by atoms with Crippen LogP contribution in [0.1, 0.15) is 31.7 Å². The second-order valence-corrected chi connectivity index (χ2v) is 6.91. The van der Waals surface area contributed by atoms with Crippen LogP contribution >= 0.6 is 11.6 Å². The quantitative estimate of drug-likeness (QED) is 0.894. The third-order valence-electron chi connectivity index (χ3n) is 5.33. The number of hydrogen-bond donors (Lipinski definition) is 2. The number of aliphatic hydroxyl groups is 1. The van der Waals surface area contributed by atoms with Gasteiger partial charge in [0.1, 0.15) is 5.75 Å². The first kappa shape index (κ1) is 16.1. The van der Waals surface area contributed by atoms with E-state index >= 15 is 0 Å². The predicted molar refractivity (Wildman–Crippen MR) is 86.1 cm³/mol. The molecule has 0 aromatic heterocycles. The maximum Gasteiger partial charge on any atom is 0.120 e. The van der Waals surface area contributed by atoms with E-state index in [-0.39, 0.29) is 17.6 Å². The monoisotopic (exact) mass is 325 g/mol. The van der Waals surface area contributed by atoms with E-state index in [2.05, 4.69) is 4.90 Å². The van der Waals surface area contributed by atoms with Crippen LogP contribution in [0.25, 0.3) is 0 Å². The molecule has 1 saturated heterocycles. The Morgan fingerprint density at radius 2 is 2.09 bits per heavy atom. The minimum absolute atomic E-state index is 0.0527. The molecule has 0 amide bonds. The standard InChI is InChI=1S/C17H24ClNO3/c1-2-22-16-10-15(21)17(16)5-7-19(8-6-17)11-12-9-13(18)3-4-14(12)20/h3-4,9,15-16,20-21H,2,5-8,10-11H2,1H3. The van der Waals surface area contributed by atoms with Crippen molar-refractivity contribution in [3.05, 3.63) is 28.8 Å². The average molecular weight is 326 g/mol. The number of aliphatic hydroxyl groups excluding tert-OH is 1. The lowest BCUT2D eigenvalue weighted by molar-refractivity contribution is -0.209. The molecule has 1 aromatic rings. The fourth-order valence-electron chi connectivity index (χ4n) is 3.87. The van der Waals surface area contributed by atoms with E-state index in [1.807, 2.05) is 13.0 Å². The van der Waals surface area contributed by atoms with Gasteiger partial charge in [-0.15, -0.1) is 0 Å². The van der Waals surface area contributed by atoms with Crippen molar-refractivity contribution in [2.45, 2.75) is 44.9 Å². The maximum atomic E-state index is 10.2. The summed E-state index contributed by atoms with van der Waals surface area (Å²) < 4.78 is 5.79. The number of likely N-dealkylation sites (tertiary alicyclic amines) is 1. The first-order valence-corrected chi connectivity index (χ1v) is 8.42. The van der Waals surface area contributed by atoms with E-state index in [4.69, 9.17) is 16.3 Å². The lowest BCUT2D eigenvalue weighted by atomic mass is 9.58. The molecule has 2 fully saturated rings. The van der Waals surface area contributed by atoms with Crippen LogP contribution in [-0.2, 0) is 11.3 Å². The van der Waals surface area contributed by atoms with Gasteiger partial charge < -0.3 is 14.9 Å². The van der Waals surface area contributed by atoms with Crippen molar-refractivity contribution in [3.8, 4) is 5.75 Å². The molecule has 22 heavy (non-hydrogen) atoms. The van der Waals surface area contributed by atoms with Crippen LogP contribution in [0.15, 0.2) is 18.2 Å². The Hall–Kier alpha value is -0.810. The van der Waals surface area contributed by atoms with Crippen molar-refractivity contribution in [2.75, 3.05) is 19.7 Å². The Kier molecular flexibility index (Phi) is 4.64. The van der Waals surface area contributed by atoms with E-state index < -0.39 is 0 Å². The Morgan fingerprint density at radius 1 is 1.36 bits per heavy atom. The molecule has 2 aliphatic rings. The summed E-state index contributed by atoms with van der Waals surface area (Å²) >= 11 is 6.01. The summed E-state index contributed by atoms with van der Waals surface area (Å²) in [5.41, 5.74) is 0.807. The molecule has 0 bridgehead atoms. The van der Waals surface area contributed by atoms with E-state index in [9.17, 15) is 10.2 Å². The van der Waals surface area contributed by atoms with Gasteiger partial charge in [0.2, 0.25) is 0 Å². The van der Waals surface area contributed by atoms with Gasteiger partial charge in [0.25, 0.3) is 0 Å². The van der Waals surface area contributed by atoms with E-state index in [1.165, 1.54) is 0 Å². The second-order valence-electron chi connectivity index (χ2n) is 6.48. The molecule has 0 radical (unpaired) electrons. The highest BCUT2D eigenvalue weighted by Crippen LogP contribution is 2.51.